The van der Waals surface area contributed by atoms with Gasteiger partial charge < -0.3 is 9.47 Å². The van der Waals surface area contributed by atoms with Gasteiger partial charge in [0.2, 0.25) is 0 Å². The van der Waals surface area contributed by atoms with E-state index in [0.29, 0.717) is 0 Å². The van der Waals surface area contributed by atoms with Gasteiger partial charge in [-0.1, -0.05) is 0 Å². The highest BCUT2D eigenvalue weighted by molar-refractivity contribution is 5.38. The zero-order valence-electron chi connectivity index (χ0n) is 9.25. The smallest absolute Gasteiger partial charge is 0.122 e. The second-order valence-corrected chi connectivity index (χ2v) is 3.28. The Hall–Kier alpha value is -1.62. The lowest BCUT2D eigenvalue weighted by Gasteiger charge is -2.07. The minimum atomic E-state index is 0.805. The van der Waals surface area contributed by atoms with Crippen molar-refractivity contribution in [3.05, 3.63) is 23.8 Å². The quantitative estimate of drug-likeness (QED) is 0.542. The molecule has 80 valence electrons. The van der Waals surface area contributed by atoms with E-state index in [0.717, 1.165) is 30.8 Å². The molecule has 0 saturated carbocycles. The van der Waals surface area contributed by atoms with E-state index in [2.05, 4.69) is 5.92 Å². The van der Waals surface area contributed by atoms with Gasteiger partial charge in [0, 0.05) is 12.5 Å². The monoisotopic (exact) mass is 204 g/mol. The first kappa shape index (κ1) is 11.5. The highest BCUT2D eigenvalue weighted by atomic mass is 16.5. The molecule has 2 heteroatoms. The van der Waals surface area contributed by atoms with Crippen LogP contribution in [0.2, 0.25) is 0 Å². The third kappa shape index (κ3) is 3.55. The lowest BCUT2D eigenvalue weighted by atomic mass is 10.1. The van der Waals surface area contributed by atoms with Crippen molar-refractivity contribution in [2.45, 2.75) is 19.3 Å². The van der Waals surface area contributed by atoms with E-state index in [9.17, 15) is 0 Å². The van der Waals surface area contributed by atoms with Crippen LogP contribution in [0.5, 0.6) is 11.5 Å². The normalized spacial score (nSPS) is 9.40. The van der Waals surface area contributed by atoms with Crippen LogP contribution in [0.1, 0.15) is 18.4 Å². The maximum atomic E-state index is 5.21. The lowest BCUT2D eigenvalue weighted by Crippen LogP contribution is -1.91. The van der Waals surface area contributed by atoms with Gasteiger partial charge in [-0.15, -0.1) is 12.3 Å². The molecule has 0 saturated heterocycles. The molecule has 0 heterocycles. The van der Waals surface area contributed by atoms with E-state index in [1.54, 1.807) is 14.2 Å². The fourth-order valence-corrected chi connectivity index (χ4v) is 1.41. The second-order valence-electron chi connectivity index (χ2n) is 3.28. The van der Waals surface area contributed by atoms with Crippen molar-refractivity contribution >= 4 is 0 Å². The molecule has 1 rings (SSSR count). The molecule has 0 aliphatic carbocycles. The van der Waals surface area contributed by atoms with Crippen molar-refractivity contribution in [1.82, 2.24) is 0 Å². The van der Waals surface area contributed by atoms with Crippen LogP contribution in [0.25, 0.3) is 0 Å². The lowest BCUT2D eigenvalue weighted by molar-refractivity contribution is 0.393. The molecule has 0 radical (unpaired) electrons. The Kier molecular flexibility index (Phi) is 4.56. The number of aryl methyl sites for hydroxylation is 1. The number of rotatable bonds is 5. The number of methoxy groups -OCH3 is 2. The van der Waals surface area contributed by atoms with Gasteiger partial charge in [0.1, 0.15) is 11.5 Å². The summed E-state index contributed by atoms with van der Waals surface area (Å²) in [6.45, 7) is 0. The number of hydrogen-bond donors (Lipinski definition) is 0. The van der Waals surface area contributed by atoms with E-state index in [1.165, 1.54) is 5.56 Å². The SMILES string of the molecule is C#CCCCc1cc(OC)cc(OC)c1. The molecule has 0 spiro atoms. The average Bonchev–Trinajstić information content (AvgIpc) is 2.29. The molecule has 0 bridgehead atoms. The Labute approximate surface area is 91.2 Å². The predicted octanol–water partition coefficient (Wildman–Crippen LogP) is 2.66. The molecular formula is C13H16O2. The molecule has 0 N–H and O–H groups in total. The van der Waals surface area contributed by atoms with Gasteiger partial charge in [-0.3, -0.25) is 0 Å². The van der Waals surface area contributed by atoms with E-state index in [4.69, 9.17) is 15.9 Å². The van der Waals surface area contributed by atoms with Gasteiger partial charge in [-0.05, 0) is 30.5 Å². The topological polar surface area (TPSA) is 18.5 Å². The van der Waals surface area contributed by atoms with Gasteiger partial charge in [0.15, 0.2) is 0 Å². The fourth-order valence-electron chi connectivity index (χ4n) is 1.41. The Morgan fingerprint density at radius 3 is 2.20 bits per heavy atom. The van der Waals surface area contributed by atoms with Crippen molar-refractivity contribution in [2.24, 2.45) is 0 Å². The Morgan fingerprint density at radius 1 is 1.13 bits per heavy atom. The minimum Gasteiger partial charge on any atom is -0.497 e. The van der Waals surface area contributed by atoms with Crippen molar-refractivity contribution in [3.8, 4) is 23.8 Å². The first-order valence-electron chi connectivity index (χ1n) is 4.95. The molecule has 15 heavy (non-hydrogen) atoms. The summed E-state index contributed by atoms with van der Waals surface area (Å²) >= 11 is 0. The zero-order chi connectivity index (χ0) is 11.1. The molecule has 0 atom stereocenters. The molecule has 0 amide bonds. The van der Waals surface area contributed by atoms with Crippen LogP contribution in [0, 0.1) is 12.3 Å². The van der Waals surface area contributed by atoms with Gasteiger partial charge in [-0.25, -0.2) is 0 Å². The van der Waals surface area contributed by atoms with E-state index in [-0.39, 0.29) is 0 Å². The molecular weight excluding hydrogens is 188 g/mol. The first-order valence-corrected chi connectivity index (χ1v) is 4.95. The van der Waals surface area contributed by atoms with Crippen LogP contribution >= 0.6 is 0 Å². The maximum Gasteiger partial charge on any atom is 0.122 e. The van der Waals surface area contributed by atoms with Gasteiger partial charge in [-0.2, -0.15) is 0 Å². The summed E-state index contributed by atoms with van der Waals surface area (Å²) < 4.78 is 10.4. The molecule has 1 aromatic carbocycles. The molecule has 0 unspecified atom stereocenters. The Bertz CT molecular complexity index is 328. The Balaban J connectivity index is 2.74. The minimum absolute atomic E-state index is 0.805. The summed E-state index contributed by atoms with van der Waals surface area (Å²) in [6.07, 6.45) is 7.96. The summed E-state index contributed by atoms with van der Waals surface area (Å²) in [5.41, 5.74) is 1.20. The standard InChI is InChI=1S/C13H16O2/c1-4-5-6-7-11-8-12(14-2)10-13(9-11)15-3/h1,8-10H,5-7H2,2-3H3. The van der Waals surface area contributed by atoms with Crippen LogP contribution in [0.3, 0.4) is 0 Å². The molecule has 1 aromatic rings. The number of benzene rings is 1. The Morgan fingerprint density at radius 2 is 1.73 bits per heavy atom. The molecule has 0 fully saturated rings. The van der Waals surface area contributed by atoms with Crippen LogP contribution < -0.4 is 9.47 Å². The number of unbranched alkanes of at least 4 members (excludes halogenated alkanes) is 1. The van der Waals surface area contributed by atoms with Crippen LogP contribution in [0.4, 0.5) is 0 Å². The number of ether oxygens (including phenoxy) is 2. The third-order valence-corrected chi connectivity index (χ3v) is 2.20. The van der Waals surface area contributed by atoms with Crippen LogP contribution in [-0.4, -0.2) is 14.2 Å². The van der Waals surface area contributed by atoms with E-state index < -0.39 is 0 Å². The summed E-state index contributed by atoms with van der Waals surface area (Å²) in [4.78, 5) is 0. The third-order valence-electron chi connectivity index (χ3n) is 2.20. The molecule has 0 aromatic heterocycles. The largest absolute Gasteiger partial charge is 0.497 e. The van der Waals surface area contributed by atoms with Crippen molar-refractivity contribution in [2.75, 3.05) is 14.2 Å². The van der Waals surface area contributed by atoms with Crippen molar-refractivity contribution in [3.63, 3.8) is 0 Å². The van der Waals surface area contributed by atoms with Crippen LogP contribution in [-0.2, 0) is 6.42 Å². The average molecular weight is 204 g/mol. The summed E-state index contributed by atoms with van der Waals surface area (Å²) in [5.74, 6) is 4.28. The van der Waals surface area contributed by atoms with Gasteiger partial charge >= 0.3 is 0 Å². The maximum absolute atomic E-state index is 5.21. The van der Waals surface area contributed by atoms with E-state index in [1.807, 2.05) is 18.2 Å². The molecule has 2 nitrogen and oxygen atoms in total. The summed E-state index contributed by atoms with van der Waals surface area (Å²) in [5, 5.41) is 0. The summed E-state index contributed by atoms with van der Waals surface area (Å²) in [7, 11) is 3.31. The molecule has 0 aliphatic rings. The van der Waals surface area contributed by atoms with E-state index >= 15 is 0 Å². The zero-order valence-corrected chi connectivity index (χ0v) is 9.25. The number of hydrogen-bond acceptors (Lipinski definition) is 2. The first-order chi connectivity index (χ1) is 7.30. The van der Waals surface area contributed by atoms with Crippen molar-refractivity contribution < 1.29 is 9.47 Å². The highest BCUT2D eigenvalue weighted by Crippen LogP contribution is 2.23. The van der Waals surface area contributed by atoms with Gasteiger partial charge in [0.05, 0.1) is 14.2 Å². The number of terminal acetylenes is 1. The predicted molar refractivity (Wildman–Crippen MR) is 61.3 cm³/mol. The van der Waals surface area contributed by atoms with Crippen molar-refractivity contribution in [1.29, 1.82) is 0 Å². The van der Waals surface area contributed by atoms with Gasteiger partial charge in [0.25, 0.3) is 0 Å². The second kappa shape index (κ2) is 5.98. The summed E-state index contributed by atoms with van der Waals surface area (Å²) in [6, 6.07) is 5.89. The highest BCUT2D eigenvalue weighted by Gasteiger charge is 2.01. The fraction of sp³-hybridized carbons (Fsp3) is 0.385. The van der Waals surface area contributed by atoms with Crippen LogP contribution in [0.15, 0.2) is 18.2 Å². The molecule has 0 aliphatic heterocycles.